The van der Waals surface area contributed by atoms with E-state index in [0.29, 0.717) is 18.5 Å². The highest BCUT2D eigenvalue weighted by atomic mass is 32.1. The van der Waals surface area contributed by atoms with Gasteiger partial charge in [0.25, 0.3) is 0 Å². The van der Waals surface area contributed by atoms with Crippen molar-refractivity contribution < 1.29 is 0 Å². The highest BCUT2D eigenvalue weighted by molar-refractivity contribution is 7.13. The quantitative estimate of drug-likeness (QED) is 0.313. The summed E-state index contributed by atoms with van der Waals surface area (Å²) in [5, 5.41) is 15.8. The molecule has 3 aromatic heterocycles. The lowest BCUT2D eigenvalue weighted by molar-refractivity contribution is 0.461. The number of imidazole rings is 1. The molecule has 0 atom stereocenters. The molecule has 5 rings (SSSR count). The molecule has 0 amide bonds. The molecule has 0 aliphatic heterocycles. The molecular formula is C26H31N7S. The molecule has 4 aromatic rings. The number of nitrogens with one attached hydrogen (secondary N) is 2. The predicted molar refractivity (Wildman–Crippen MR) is 140 cm³/mol. The van der Waals surface area contributed by atoms with Crippen LogP contribution in [0.15, 0.2) is 48.1 Å². The molecule has 1 saturated carbocycles. The Balaban J connectivity index is 0.00000133. The first-order valence-electron chi connectivity index (χ1n) is 11.8. The van der Waals surface area contributed by atoms with Crippen molar-refractivity contribution in [3.63, 3.8) is 0 Å². The third-order valence-corrected chi connectivity index (χ3v) is 7.12. The summed E-state index contributed by atoms with van der Waals surface area (Å²) in [5.74, 6) is 1.49. The Morgan fingerprint density at radius 3 is 2.62 bits per heavy atom. The SMILES string of the molecule is C#N.CC(C)n1cnc2c(NCc3csc(-c4ccccc4)c3)nc(NC3CCCCC3)nc21. The van der Waals surface area contributed by atoms with Crippen LogP contribution in [0.4, 0.5) is 11.8 Å². The number of thiophene rings is 1. The van der Waals surface area contributed by atoms with Crippen molar-refractivity contribution in [1.82, 2.24) is 19.5 Å². The topological polar surface area (TPSA) is 91.5 Å². The number of aromatic nitrogens is 4. The lowest BCUT2D eigenvalue weighted by Gasteiger charge is -2.23. The van der Waals surface area contributed by atoms with Crippen molar-refractivity contribution in [2.24, 2.45) is 0 Å². The van der Waals surface area contributed by atoms with Gasteiger partial charge in [0.15, 0.2) is 17.0 Å². The molecule has 1 aromatic carbocycles. The Morgan fingerprint density at radius 2 is 1.88 bits per heavy atom. The molecule has 0 unspecified atom stereocenters. The van der Waals surface area contributed by atoms with Gasteiger partial charge in [0.05, 0.1) is 6.33 Å². The fraction of sp³-hybridized carbons (Fsp3) is 0.385. The van der Waals surface area contributed by atoms with E-state index in [1.165, 1.54) is 48.1 Å². The fourth-order valence-corrected chi connectivity index (χ4v) is 5.24. The van der Waals surface area contributed by atoms with E-state index in [-0.39, 0.29) is 6.04 Å². The van der Waals surface area contributed by atoms with Crippen molar-refractivity contribution in [2.45, 2.75) is 64.6 Å². The van der Waals surface area contributed by atoms with Crippen LogP contribution in [-0.4, -0.2) is 25.6 Å². The van der Waals surface area contributed by atoms with Gasteiger partial charge in [-0.05, 0) is 49.3 Å². The first kappa shape index (κ1) is 23.7. The average molecular weight is 474 g/mol. The van der Waals surface area contributed by atoms with Crippen molar-refractivity contribution in [3.05, 3.63) is 53.7 Å². The maximum Gasteiger partial charge on any atom is 0.227 e. The van der Waals surface area contributed by atoms with E-state index in [9.17, 15) is 0 Å². The molecule has 1 fully saturated rings. The Hall–Kier alpha value is -3.44. The van der Waals surface area contributed by atoms with Crippen LogP contribution >= 0.6 is 11.3 Å². The molecule has 34 heavy (non-hydrogen) atoms. The Morgan fingerprint density at radius 1 is 1.12 bits per heavy atom. The summed E-state index contributed by atoms with van der Waals surface area (Å²) in [6.45, 7) is 8.51. The highest BCUT2D eigenvalue weighted by Crippen LogP contribution is 2.29. The molecule has 0 spiro atoms. The third kappa shape index (κ3) is 5.37. The average Bonchev–Trinajstić information content (AvgIpc) is 3.53. The van der Waals surface area contributed by atoms with Gasteiger partial charge in [-0.2, -0.15) is 9.97 Å². The van der Waals surface area contributed by atoms with E-state index in [2.05, 4.69) is 82.4 Å². The Bertz CT molecular complexity index is 1220. The van der Waals surface area contributed by atoms with Gasteiger partial charge >= 0.3 is 0 Å². The van der Waals surface area contributed by atoms with Crippen LogP contribution in [0, 0.1) is 11.8 Å². The van der Waals surface area contributed by atoms with E-state index in [4.69, 9.17) is 15.2 Å². The number of nitriles is 1. The molecule has 7 nitrogen and oxygen atoms in total. The first-order chi connectivity index (χ1) is 16.7. The van der Waals surface area contributed by atoms with Crippen LogP contribution in [0.1, 0.15) is 57.6 Å². The molecular weight excluding hydrogens is 442 g/mol. The van der Waals surface area contributed by atoms with Gasteiger partial charge in [0.2, 0.25) is 5.95 Å². The molecule has 3 heterocycles. The van der Waals surface area contributed by atoms with Gasteiger partial charge in [0, 0.05) is 30.1 Å². The highest BCUT2D eigenvalue weighted by Gasteiger charge is 2.18. The zero-order valence-electron chi connectivity index (χ0n) is 19.7. The number of anilines is 2. The second-order valence-electron chi connectivity index (χ2n) is 8.83. The Kier molecular flexibility index (Phi) is 7.76. The molecule has 176 valence electrons. The van der Waals surface area contributed by atoms with Crippen molar-refractivity contribution >= 4 is 34.3 Å². The molecule has 8 heteroatoms. The third-order valence-electron chi connectivity index (χ3n) is 6.09. The Labute approximate surface area is 204 Å². The van der Waals surface area contributed by atoms with Crippen LogP contribution in [-0.2, 0) is 6.54 Å². The van der Waals surface area contributed by atoms with Gasteiger partial charge < -0.3 is 15.2 Å². The van der Waals surface area contributed by atoms with Crippen molar-refractivity contribution in [3.8, 4) is 17.0 Å². The minimum Gasteiger partial charge on any atom is -0.364 e. The van der Waals surface area contributed by atoms with Gasteiger partial charge in [0.1, 0.15) is 0 Å². The summed E-state index contributed by atoms with van der Waals surface area (Å²) in [6, 6.07) is 13.5. The minimum absolute atomic E-state index is 0.288. The van der Waals surface area contributed by atoms with E-state index in [0.717, 1.165) is 17.0 Å². The standard InChI is InChI=1S/C25H30N6S.CHN/c1-17(2)31-16-27-22-23(29-25(30-24(22)31)28-20-11-7-4-8-12-20)26-14-18-13-21(32-15-18)19-9-5-3-6-10-19;1-2/h3,5-6,9-10,13,15-17,20H,4,7-8,11-12,14H2,1-2H3,(H2,26,28,29,30);1H. The second-order valence-corrected chi connectivity index (χ2v) is 9.74. The zero-order valence-corrected chi connectivity index (χ0v) is 20.6. The van der Waals surface area contributed by atoms with Crippen LogP contribution in [0.25, 0.3) is 21.6 Å². The summed E-state index contributed by atoms with van der Waals surface area (Å²) >= 11 is 1.77. The number of rotatable bonds is 7. The summed E-state index contributed by atoms with van der Waals surface area (Å²) in [7, 11) is 0. The van der Waals surface area contributed by atoms with Gasteiger partial charge in [-0.1, -0.05) is 49.6 Å². The first-order valence-corrected chi connectivity index (χ1v) is 12.7. The largest absolute Gasteiger partial charge is 0.364 e. The summed E-state index contributed by atoms with van der Waals surface area (Å²) in [5.41, 5.74) is 4.20. The number of benzene rings is 1. The fourth-order valence-electron chi connectivity index (χ4n) is 4.32. The normalized spacial score (nSPS) is 14.0. The predicted octanol–water partition coefficient (Wildman–Crippen LogP) is 6.63. The lowest BCUT2D eigenvalue weighted by Crippen LogP contribution is -2.24. The molecule has 0 radical (unpaired) electrons. The van der Waals surface area contributed by atoms with E-state index in [1.807, 2.05) is 6.33 Å². The number of nitrogens with zero attached hydrogens (tertiary/aromatic N) is 5. The lowest BCUT2D eigenvalue weighted by atomic mass is 9.96. The molecule has 1 aliphatic carbocycles. The smallest absolute Gasteiger partial charge is 0.227 e. The van der Waals surface area contributed by atoms with E-state index < -0.39 is 0 Å². The second kappa shape index (κ2) is 11.1. The van der Waals surface area contributed by atoms with Crippen LogP contribution in [0.3, 0.4) is 0 Å². The molecule has 0 saturated heterocycles. The van der Waals surface area contributed by atoms with Crippen molar-refractivity contribution in [2.75, 3.05) is 10.6 Å². The van der Waals surface area contributed by atoms with Gasteiger partial charge in [-0.15, -0.1) is 11.3 Å². The molecule has 2 N–H and O–H groups in total. The van der Waals surface area contributed by atoms with Gasteiger partial charge in [-0.3, -0.25) is 0 Å². The van der Waals surface area contributed by atoms with Gasteiger partial charge in [-0.25, -0.2) is 10.2 Å². The van der Waals surface area contributed by atoms with E-state index in [1.54, 1.807) is 11.3 Å². The summed E-state index contributed by atoms with van der Waals surface area (Å²) in [6.07, 6.45) is 8.12. The maximum atomic E-state index is 6.50. The van der Waals surface area contributed by atoms with E-state index >= 15 is 0 Å². The minimum atomic E-state index is 0.288. The zero-order chi connectivity index (χ0) is 23.9. The van der Waals surface area contributed by atoms with Crippen LogP contribution < -0.4 is 10.6 Å². The number of fused-ring (bicyclic) bond motifs is 1. The monoisotopic (exact) mass is 473 g/mol. The molecule has 1 aliphatic rings. The molecule has 0 bridgehead atoms. The summed E-state index contributed by atoms with van der Waals surface area (Å²) < 4.78 is 2.12. The number of hydrogen-bond donors (Lipinski definition) is 2. The van der Waals surface area contributed by atoms with Crippen LogP contribution in [0.5, 0.6) is 0 Å². The maximum absolute atomic E-state index is 6.50. The van der Waals surface area contributed by atoms with Crippen molar-refractivity contribution in [1.29, 1.82) is 5.26 Å². The summed E-state index contributed by atoms with van der Waals surface area (Å²) in [4.78, 5) is 15.6. The number of hydrogen-bond acceptors (Lipinski definition) is 7. The van der Waals surface area contributed by atoms with Crippen LogP contribution in [0.2, 0.25) is 0 Å².